The molecule has 3 rings (SSSR count). The van der Waals surface area contributed by atoms with Crippen LogP contribution in [-0.2, 0) is 6.54 Å². The smallest absolute Gasteiger partial charge is 0.270 e. The van der Waals surface area contributed by atoms with Gasteiger partial charge in [-0.2, -0.15) is 0 Å². The van der Waals surface area contributed by atoms with E-state index in [1.807, 2.05) is 37.3 Å². The molecule has 0 fully saturated rings. The van der Waals surface area contributed by atoms with Crippen LogP contribution in [0.3, 0.4) is 0 Å². The zero-order chi connectivity index (χ0) is 19.2. The highest BCUT2D eigenvalue weighted by atomic mass is 35.5. The largest absolute Gasteiger partial charge is 0.347 e. The molecular weight excluding hydrogens is 362 g/mol. The van der Waals surface area contributed by atoms with E-state index in [-0.39, 0.29) is 17.5 Å². The van der Waals surface area contributed by atoms with Gasteiger partial charge in [0, 0.05) is 29.0 Å². The van der Waals surface area contributed by atoms with E-state index >= 15 is 0 Å². The molecule has 0 aliphatic heterocycles. The van der Waals surface area contributed by atoms with Crippen LogP contribution in [0, 0.1) is 6.92 Å². The fourth-order valence-corrected chi connectivity index (χ4v) is 2.68. The summed E-state index contributed by atoms with van der Waals surface area (Å²) in [5.41, 5.74) is 2.91. The molecule has 6 heteroatoms. The van der Waals surface area contributed by atoms with E-state index in [0.29, 0.717) is 22.8 Å². The summed E-state index contributed by atoms with van der Waals surface area (Å²) in [4.78, 5) is 28.9. The van der Waals surface area contributed by atoms with Crippen molar-refractivity contribution in [3.8, 4) is 0 Å². The van der Waals surface area contributed by atoms with Crippen molar-refractivity contribution in [1.29, 1.82) is 0 Å². The van der Waals surface area contributed by atoms with E-state index in [0.717, 1.165) is 11.1 Å². The van der Waals surface area contributed by atoms with Crippen molar-refractivity contribution < 1.29 is 9.59 Å². The van der Waals surface area contributed by atoms with Crippen LogP contribution >= 0.6 is 11.6 Å². The SMILES string of the molecule is Cc1c(Cl)cccc1NC(=O)c1ccnc(C(=O)NCc2ccccc2)c1. The van der Waals surface area contributed by atoms with Crippen molar-refractivity contribution in [3.05, 3.63) is 94.3 Å². The highest BCUT2D eigenvalue weighted by molar-refractivity contribution is 6.31. The number of anilines is 1. The second-order valence-electron chi connectivity index (χ2n) is 5.96. The standard InChI is InChI=1S/C21H18ClN3O2/c1-14-17(22)8-5-9-18(14)25-20(26)16-10-11-23-19(12-16)21(27)24-13-15-6-3-2-4-7-15/h2-12H,13H2,1H3,(H,24,27)(H,25,26). The summed E-state index contributed by atoms with van der Waals surface area (Å²) in [6.45, 7) is 2.21. The van der Waals surface area contributed by atoms with E-state index < -0.39 is 0 Å². The zero-order valence-corrected chi connectivity index (χ0v) is 15.5. The van der Waals surface area contributed by atoms with Gasteiger partial charge in [-0.25, -0.2) is 0 Å². The van der Waals surface area contributed by atoms with Crippen molar-refractivity contribution in [1.82, 2.24) is 10.3 Å². The maximum absolute atomic E-state index is 12.5. The summed E-state index contributed by atoms with van der Waals surface area (Å²) in [6, 6.07) is 17.9. The van der Waals surface area contributed by atoms with Gasteiger partial charge >= 0.3 is 0 Å². The third-order valence-electron chi connectivity index (χ3n) is 4.07. The average Bonchev–Trinajstić information content (AvgIpc) is 2.70. The molecule has 0 atom stereocenters. The fourth-order valence-electron chi connectivity index (χ4n) is 2.50. The molecule has 3 aromatic rings. The number of carbonyl (C=O) groups excluding carboxylic acids is 2. The van der Waals surface area contributed by atoms with Crippen LogP contribution in [0.1, 0.15) is 32.0 Å². The number of rotatable bonds is 5. The Morgan fingerprint density at radius 1 is 1.00 bits per heavy atom. The summed E-state index contributed by atoms with van der Waals surface area (Å²) in [7, 11) is 0. The summed E-state index contributed by atoms with van der Waals surface area (Å²) >= 11 is 6.08. The topological polar surface area (TPSA) is 71.1 Å². The Labute approximate surface area is 162 Å². The van der Waals surface area contributed by atoms with Gasteiger partial charge in [-0.3, -0.25) is 14.6 Å². The fraction of sp³-hybridized carbons (Fsp3) is 0.0952. The number of nitrogens with one attached hydrogen (secondary N) is 2. The number of amides is 2. The van der Waals surface area contributed by atoms with Crippen LogP contribution in [0.5, 0.6) is 0 Å². The molecule has 1 heterocycles. The Morgan fingerprint density at radius 3 is 2.56 bits per heavy atom. The van der Waals surface area contributed by atoms with Crippen molar-refractivity contribution in [2.75, 3.05) is 5.32 Å². The lowest BCUT2D eigenvalue weighted by atomic mass is 10.1. The van der Waals surface area contributed by atoms with Crippen LogP contribution in [0.4, 0.5) is 5.69 Å². The molecule has 0 aliphatic rings. The Hall–Kier alpha value is -3.18. The second-order valence-corrected chi connectivity index (χ2v) is 6.37. The van der Waals surface area contributed by atoms with Crippen LogP contribution in [0.25, 0.3) is 0 Å². The Kier molecular flexibility index (Phi) is 5.84. The molecule has 0 saturated carbocycles. The first-order chi connectivity index (χ1) is 13.0. The van der Waals surface area contributed by atoms with E-state index in [2.05, 4.69) is 15.6 Å². The molecule has 0 bridgehead atoms. The Morgan fingerprint density at radius 2 is 1.78 bits per heavy atom. The second kappa shape index (κ2) is 8.47. The number of nitrogens with zero attached hydrogens (tertiary/aromatic N) is 1. The molecule has 2 N–H and O–H groups in total. The highest BCUT2D eigenvalue weighted by Gasteiger charge is 2.13. The molecule has 1 aromatic heterocycles. The summed E-state index contributed by atoms with van der Waals surface area (Å²) in [5, 5.41) is 6.18. The maximum atomic E-state index is 12.5. The monoisotopic (exact) mass is 379 g/mol. The van der Waals surface area contributed by atoms with Gasteiger partial charge in [-0.1, -0.05) is 48.0 Å². The summed E-state index contributed by atoms with van der Waals surface area (Å²) in [5.74, 6) is -0.674. The van der Waals surface area contributed by atoms with Gasteiger partial charge in [-0.15, -0.1) is 0 Å². The molecule has 0 radical (unpaired) electrons. The van der Waals surface area contributed by atoms with Crippen LogP contribution < -0.4 is 10.6 Å². The van der Waals surface area contributed by atoms with Crippen LogP contribution in [-0.4, -0.2) is 16.8 Å². The van der Waals surface area contributed by atoms with Crippen molar-refractivity contribution in [2.45, 2.75) is 13.5 Å². The number of aromatic nitrogens is 1. The van der Waals surface area contributed by atoms with Crippen molar-refractivity contribution in [2.24, 2.45) is 0 Å². The lowest BCUT2D eigenvalue weighted by Crippen LogP contribution is -2.24. The van der Waals surface area contributed by atoms with Gasteiger partial charge in [0.2, 0.25) is 0 Å². The molecule has 0 aliphatic carbocycles. The van der Waals surface area contributed by atoms with E-state index in [9.17, 15) is 9.59 Å². The summed E-state index contributed by atoms with van der Waals surface area (Å²) in [6.07, 6.45) is 1.44. The molecule has 2 amide bonds. The normalized spacial score (nSPS) is 10.3. The number of benzene rings is 2. The minimum absolute atomic E-state index is 0.182. The van der Waals surface area contributed by atoms with Gasteiger partial charge in [0.1, 0.15) is 5.69 Å². The first kappa shape index (κ1) is 18.6. The Bertz CT molecular complexity index is 974. The molecule has 0 spiro atoms. The third kappa shape index (κ3) is 4.71. The zero-order valence-electron chi connectivity index (χ0n) is 14.7. The molecule has 0 saturated heterocycles. The number of hydrogen-bond donors (Lipinski definition) is 2. The van der Waals surface area contributed by atoms with Crippen LogP contribution in [0.2, 0.25) is 5.02 Å². The predicted octanol–water partition coefficient (Wildman–Crippen LogP) is 4.23. The molecule has 2 aromatic carbocycles. The lowest BCUT2D eigenvalue weighted by Gasteiger charge is -2.10. The highest BCUT2D eigenvalue weighted by Crippen LogP contribution is 2.23. The van der Waals surface area contributed by atoms with E-state index in [1.54, 1.807) is 24.3 Å². The van der Waals surface area contributed by atoms with Gasteiger partial charge < -0.3 is 10.6 Å². The Balaban J connectivity index is 1.70. The molecule has 136 valence electrons. The van der Waals surface area contributed by atoms with Gasteiger partial charge in [0.25, 0.3) is 11.8 Å². The predicted molar refractivity (Wildman–Crippen MR) is 106 cm³/mol. The minimum atomic E-state index is -0.340. The van der Waals surface area contributed by atoms with E-state index in [1.165, 1.54) is 12.3 Å². The lowest BCUT2D eigenvalue weighted by molar-refractivity contribution is 0.0946. The van der Waals surface area contributed by atoms with Crippen LogP contribution in [0.15, 0.2) is 66.9 Å². The van der Waals surface area contributed by atoms with Crippen molar-refractivity contribution in [3.63, 3.8) is 0 Å². The van der Waals surface area contributed by atoms with Crippen molar-refractivity contribution >= 4 is 29.1 Å². The summed E-state index contributed by atoms with van der Waals surface area (Å²) < 4.78 is 0. The molecule has 0 unspecified atom stereocenters. The number of pyridine rings is 1. The van der Waals surface area contributed by atoms with E-state index in [4.69, 9.17) is 11.6 Å². The molecule has 27 heavy (non-hydrogen) atoms. The number of halogens is 1. The number of carbonyl (C=O) groups is 2. The average molecular weight is 380 g/mol. The first-order valence-corrected chi connectivity index (χ1v) is 8.77. The van der Waals surface area contributed by atoms with Gasteiger partial charge in [0.05, 0.1) is 0 Å². The molecular formula is C21H18ClN3O2. The third-order valence-corrected chi connectivity index (χ3v) is 4.48. The maximum Gasteiger partial charge on any atom is 0.270 e. The quantitative estimate of drug-likeness (QED) is 0.697. The minimum Gasteiger partial charge on any atom is -0.347 e. The molecule has 5 nitrogen and oxygen atoms in total. The number of hydrogen-bond acceptors (Lipinski definition) is 3. The van der Waals surface area contributed by atoms with Gasteiger partial charge in [0.15, 0.2) is 0 Å². The first-order valence-electron chi connectivity index (χ1n) is 8.39. The van der Waals surface area contributed by atoms with Gasteiger partial charge in [-0.05, 0) is 42.3 Å².